The summed E-state index contributed by atoms with van der Waals surface area (Å²) in [4.78, 5) is 38.3. The van der Waals surface area contributed by atoms with E-state index in [-0.39, 0.29) is 46.4 Å². The van der Waals surface area contributed by atoms with E-state index in [4.69, 9.17) is 4.74 Å². The van der Waals surface area contributed by atoms with E-state index in [1.165, 1.54) is 19.2 Å². The number of methoxy groups -OCH3 is 1. The third-order valence-electron chi connectivity index (χ3n) is 6.36. The number of rotatable bonds is 5. The SMILES string of the molecule is COC(=O)C[C@H](C1=C(O)c2ccccc2C(=O)C1=O)c1c(C)nn([C@H]2CCS(=O)(=O)C2)c1C. The molecule has 0 unspecified atom stereocenters. The lowest BCUT2D eigenvalue weighted by Gasteiger charge is -2.25. The molecule has 1 aliphatic carbocycles. The number of aliphatic hydroxyl groups excluding tert-OH is 1. The summed E-state index contributed by atoms with van der Waals surface area (Å²) in [5, 5.41) is 15.6. The first-order chi connectivity index (χ1) is 15.6. The number of allylic oxidation sites excluding steroid dienone is 1. The van der Waals surface area contributed by atoms with E-state index < -0.39 is 33.3 Å². The van der Waals surface area contributed by atoms with Gasteiger partial charge in [0.25, 0.3) is 0 Å². The first-order valence-electron chi connectivity index (χ1n) is 10.5. The maximum atomic E-state index is 13.1. The minimum absolute atomic E-state index is 0.0468. The largest absolute Gasteiger partial charge is 0.507 e. The monoisotopic (exact) mass is 472 g/mol. The van der Waals surface area contributed by atoms with Gasteiger partial charge in [0.2, 0.25) is 11.6 Å². The van der Waals surface area contributed by atoms with Crippen LogP contribution < -0.4 is 0 Å². The van der Waals surface area contributed by atoms with Gasteiger partial charge in [-0.15, -0.1) is 0 Å². The van der Waals surface area contributed by atoms with Gasteiger partial charge in [-0.25, -0.2) is 8.42 Å². The van der Waals surface area contributed by atoms with E-state index >= 15 is 0 Å². The number of carbonyl (C=O) groups excluding carboxylic acids is 3. The summed E-state index contributed by atoms with van der Waals surface area (Å²) in [5.41, 5.74) is 1.67. The third kappa shape index (κ3) is 3.88. The summed E-state index contributed by atoms with van der Waals surface area (Å²) in [7, 11) is -1.96. The topological polar surface area (TPSA) is 133 Å². The molecule has 1 aromatic heterocycles. The zero-order valence-electron chi connectivity index (χ0n) is 18.5. The zero-order valence-corrected chi connectivity index (χ0v) is 19.3. The molecule has 2 heterocycles. The van der Waals surface area contributed by atoms with Crippen molar-refractivity contribution in [2.45, 2.75) is 38.6 Å². The summed E-state index contributed by atoms with van der Waals surface area (Å²) in [5.74, 6) is -3.63. The van der Waals surface area contributed by atoms with E-state index in [2.05, 4.69) is 5.10 Å². The molecular formula is C23H24N2O7S. The van der Waals surface area contributed by atoms with Crippen LogP contribution in [0.2, 0.25) is 0 Å². The van der Waals surface area contributed by atoms with Gasteiger partial charge < -0.3 is 9.84 Å². The van der Waals surface area contributed by atoms with Crippen molar-refractivity contribution in [1.29, 1.82) is 0 Å². The van der Waals surface area contributed by atoms with Crippen molar-refractivity contribution in [1.82, 2.24) is 9.78 Å². The van der Waals surface area contributed by atoms with E-state index in [1.807, 2.05) is 0 Å². The molecule has 2 aliphatic rings. The lowest BCUT2D eigenvalue weighted by molar-refractivity contribution is -0.140. The summed E-state index contributed by atoms with van der Waals surface area (Å²) < 4.78 is 30.4. The molecule has 2 aromatic rings. The molecule has 4 rings (SSSR count). The van der Waals surface area contributed by atoms with Crippen LogP contribution >= 0.6 is 0 Å². The average Bonchev–Trinajstić information content (AvgIpc) is 3.29. The normalized spacial score (nSPS) is 20.6. The molecule has 1 fully saturated rings. The van der Waals surface area contributed by atoms with Crippen LogP contribution in [0.5, 0.6) is 0 Å². The van der Waals surface area contributed by atoms with Gasteiger partial charge in [0.1, 0.15) is 5.76 Å². The minimum Gasteiger partial charge on any atom is -0.507 e. The van der Waals surface area contributed by atoms with Crippen LogP contribution in [-0.2, 0) is 24.2 Å². The third-order valence-corrected chi connectivity index (χ3v) is 8.11. The summed E-state index contributed by atoms with van der Waals surface area (Å²) in [6, 6.07) is 5.87. The quantitative estimate of drug-likeness (QED) is 0.517. The Morgan fingerprint density at radius 1 is 1.21 bits per heavy atom. The Kier molecular flexibility index (Phi) is 5.73. The standard InChI is InChI=1S/C23H24N2O7S/c1-12-19(13(2)25(24-12)14-8-9-33(30,31)11-14)17(10-18(26)32-3)20-21(27)15-6-4-5-7-16(15)22(28)23(20)29/h4-7,14,17,27H,8-11H2,1-3H3/t14-,17-/m0/s1. The van der Waals surface area contributed by atoms with Crippen molar-refractivity contribution in [3.63, 3.8) is 0 Å². The molecule has 2 atom stereocenters. The van der Waals surface area contributed by atoms with Gasteiger partial charge in [-0.1, -0.05) is 24.3 Å². The molecule has 0 radical (unpaired) electrons. The van der Waals surface area contributed by atoms with Gasteiger partial charge in [-0.2, -0.15) is 5.10 Å². The predicted octanol–water partition coefficient (Wildman–Crippen LogP) is 2.24. The second-order valence-corrected chi connectivity index (χ2v) is 10.6. The molecule has 9 nitrogen and oxygen atoms in total. The van der Waals surface area contributed by atoms with Crippen molar-refractivity contribution in [2.24, 2.45) is 0 Å². The van der Waals surface area contributed by atoms with Crippen LogP contribution in [0.1, 0.15) is 57.7 Å². The Morgan fingerprint density at radius 3 is 2.48 bits per heavy atom. The molecule has 1 N–H and O–H groups in total. The molecule has 33 heavy (non-hydrogen) atoms. The van der Waals surface area contributed by atoms with E-state index in [1.54, 1.807) is 30.7 Å². The molecular weight excluding hydrogens is 448 g/mol. The summed E-state index contributed by atoms with van der Waals surface area (Å²) in [6.45, 7) is 3.42. The van der Waals surface area contributed by atoms with Gasteiger partial charge in [0, 0.05) is 28.3 Å². The maximum absolute atomic E-state index is 13.1. The predicted molar refractivity (Wildman–Crippen MR) is 119 cm³/mol. The van der Waals surface area contributed by atoms with Crippen LogP contribution in [0.3, 0.4) is 0 Å². The number of hydrogen-bond acceptors (Lipinski definition) is 8. The molecule has 0 spiro atoms. The van der Waals surface area contributed by atoms with E-state index in [0.717, 1.165) is 0 Å². The van der Waals surface area contributed by atoms with Gasteiger partial charge in [0.15, 0.2) is 9.84 Å². The van der Waals surface area contributed by atoms with Crippen molar-refractivity contribution in [3.8, 4) is 0 Å². The number of aliphatic hydroxyl groups is 1. The smallest absolute Gasteiger partial charge is 0.306 e. The number of ketones is 2. The van der Waals surface area contributed by atoms with Crippen molar-refractivity contribution in [2.75, 3.05) is 18.6 Å². The highest BCUT2D eigenvalue weighted by Gasteiger charge is 2.41. The number of esters is 1. The fourth-order valence-corrected chi connectivity index (χ4v) is 6.50. The van der Waals surface area contributed by atoms with Gasteiger partial charge in [-0.3, -0.25) is 19.1 Å². The molecule has 0 saturated carbocycles. The van der Waals surface area contributed by atoms with Crippen LogP contribution in [0.25, 0.3) is 5.76 Å². The molecule has 10 heteroatoms. The summed E-state index contributed by atoms with van der Waals surface area (Å²) in [6.07, 6.45) is 0.109. The molecule has 1 aromatic carbocycles. The lowest BCUT2D eigenvalue weighted by atomic mass is 9.77. The van der Waals surface area contributed by atoms with Crippen molar-refractivity contribution in [3.05, 3.63) is 57.9 Å². The highest BCUT2D eigenvalue weighted by molar-refractivity contribution is 7.91. The van der Waals surface area contributed by atoms with Crippen LogP contribution in [-0.4, -0.2) is 59.5 Å². The Hall–Kier alpha value is -3.27. The van der Waals surface area contributed by atoms with Gasteiger partial charge in [0.05, 0.1) is 42.3 Å². The fourth-order valence-electron chi connectivity index (χ4n) is 4.81. The number of nitrogens with zero attached hydrogens (tertiary/aromatic N) is 2. The van der Waals surface area contributed by atoms with E-state index in [0.29, 0.717) is 23.4 Å². The number of hydrogen-bond donors (Lipinski definition) is 1. The number of aryl methyl sites for hydroxylation is 1. The Morgan fingerprint density at radius 2 is 1.88 bits per heavy atom. The number of fused-ring (bicyclic) bond motifs is 1. The fraction of sp³-hybridized carbons (Fsp3) is 0.391. The van der Waals surface area contributed by atoms with Crippen molar-refractivity contribution >= 4 is 33.1 Å². The second kappa shape index (κ2) is 8.26. The maximum Gasteiger partial charge on any atom is 0.306 e. The number of carbonyl (C=O) groups is 3. The van der Waals surface area contributed by atoms with Crippen LogP contribution in [0, 0.1) is 13.8 Å². The number of aromatic nitrogens is 2. The number of Topliss-reactive ketones (excluding diaryl/α,β-unsaturated/α-hetero) is 2. The summed E-state index contributed by atoms with van der Waals surface area (Å²) >= 11 is 0. The number of benzene rings is 1. The molecule has 174 valence electrons. The zero-order chi connectivity index (χ0) is 24.1. The molecule has 1 saturated heterocycles. The Labute approximate surface area is 191 Å². The second-order valence-electron chi connectivity index (χ2n) is 8.38. The van der Waals surface area contributed by atoms with E-state index in [9.17, 15) is 27.9 Å². The number of sulfone groups is 1. The molecule has 0 amide bonds. The van der Waals surface area contributed by atoms with Crippen molar-refractivity contribution < 1.29 is 32.6 Å². The first kappa shape index (κ1) is 22.9. The molecule has 1 aliphatic heterocycles. The van der Waals surface area contributed by atoms with Gasteiger partial charge >= 0.3 is 5.97 Å². The van der Waals surface area contributed by atoms with Crippen LogP contribution in [0.4, 0.5) is 0 Å². The Bertz CT molecular complexity index is 1320. The minimum atomic E-state index is -3.17. The first-order valence-corrected chi connectivity index (χ1v) is 12.3. The highest BCUT2D eigenvalue weighted by atomic mass is 32.2. The Balaban J connectivity index is 1.89. The average molecular weight is 473 g/mol. The number of ether oxygens (including phenoxy) is 1. The molecule has 0 bridgehead atoms. The van der Waals surface area contributed by atoms with Gasteiger partial charge in [-0.05, 0) is 20.3 Å². The lowest BCUT2D eigenvalue weighted by Crippen LogP contribution is -2.29. The van der Waals surface area contributed by atoms with Crippen LogP contribution in [0.15, 0.2) is 29.8 Å². The highest BCUT2D eigenvalue weighted by Crippen LogP contribution is 2.41.